The number of nitrogens with two attached hydrogens (primary N) is 2. The molecule has 1 aromatic rings. The van der Waals surface area contributed by atoms with E-state index in [0.717, 1.165) is 19.4 Å². The standard InChI is InChI=1S/C14H21N3O2S/c15-14-12(7-4-8-13(14)20(16,18)19)17-10-9-11-5-2-1-3-6-11/h4-5,7-8,17H,1-3,6,9-10,15H2,(H2,16,18,19). The molecule has 1 aliphatic carbocycles. The molecule has 5 nitrogen and oxygen atoms in total. The van der Waals surface area contributed by atoms with Crippen molar-refractivity contribution >= 4 is 21.4 Å². The number of para-hydroxylation sites is 1. The van der Waals surface area contributed by atoms with Gasteiger partial charge in [-0.05, 0) is 44.2 Å². The Balaban J connectivity index is 2.01. The zero-order valence-electron chi connectivity index (χ0n) is 11.4. The third-order valence-corrected chi connectivity index (χ3v) is 4.49. The SMILES string of the molecule is Nc1c(NCCC2=CCCCC2)cccc1S(N)(=O)=O. The smallest absolute Gasteiger partial charge is 0.240 e. The molecule has 1 aliphatic rings. The van der Waals surface area contributed by atoms with E-state index < -0.39 is 10.0 Å². The summed E-state index contributed by atoms with van der Waals surface area (Å²) in [7, 11) is -3.78. The zero-order valence-corrected chi connectivity index (χ0v) is 12.2. The van der Waals surface area contributed by atoms with E-state index in [1.807, 2.05) is 0 Å². The molecule has 110 valence electrons. The van der Waals surface area contributed by atoms with Gasteiger partial charge in [0.25, 0.3) is 0 Å². The molecule has 5 N–H and O–H groups in total. The Kier molecular flexibility index (Phi) is 4.67. The summed E-state index contributed by atoms with van der Waals surface area (Å²) in [6.45, 7) is 0.740. The van der Waals surface area contributed by atoms with E-state index in [4.69, 9.17) is 10.9 Å². The highest BCUT2D eigenvalue weighted by Crippen LogP contribution is 2.26. The van der Waals surface area contributed by atoms with Gasteiger partial charge in [-0.2, -0.15) is 0 Å². The van der Waals surface area contributed by atoms with Crippen LogP contribution < -0.4 is 16.2 Å². The van der Waals surface area contributed by atoms with Crippen LogP contribution in [0.2, 0.25) is 0 Å². The zero-order chi connectivity index (χ0) is 14.6. The lowest BCUT2D eigenvalue weighted by molar-refractivity contribution is 0.598. The summed E-state index contributed by atoms with van der Waals surface area (Å²) in [5.41, 5.74) is 8.12. The summed E-state index contributed by atoms with van der Waals surface area (Å²) < 4.78 is 22.8. The summed E-state index contributed by atoms with van der Waals surface area (Å²) in [6.07, 6.45) is 8.12. The topological polar surface area (TPSA) is 98.2 Å². The lowest BCUT2D eigenvalue weighted by atomic mass is 9.97. The van der Waals surface area contributed by atoms with Crippen molar-refractivity contribution in [3.8, 4) is 0 Å². The quantitative estimate of drug-likeness (QED) is 0.573. The maximum Gasteiger partial charge on any atom is 0.240 e. The number of anilines is 2. The number of allylic oxidation sites excluding steroid dienone is 1. The molecule has 6 heteroatoms. The van der Waals surface area contributed by atoms with Gasteiger partial charge in [0, 0.05) is 6.54 Å². The largest absolute Gasteiger partial charge is 0.396 e. The number of benzene rings is 1. The van der Waals surface area contributed by atoms with E-state index >= 15 is 0 Å². The highest BCUT2D eigenvalue weighted by molar-refractivity contribution is 7.89. The van der Waals surface area contributed by atoms with Gasteiger partial charge in [0.1, 0.15) is 4.90 Å². The van der Waals surface area contributed by atoms with Crippen molar-refractivity contribution in [3.63, 3.8) is 0 Å². The molecule has 0 aromatic heterocycles. The van der Waals surface area contributed by atoms with Gasteiger partial charge in [0.05, 0.1) is 11.4 Å². The van der Waals surface area contributed by atoms with Gasteiger partial charge in [-0.25, -0.2) is 13.6 Å². The third-order valence-electron chi connectivity index (χ3n) is 3.52. The molecule has 0 spiro atoms. The molecule has 0 radical (unpaired) electrons. The molecule has 0 heterocycles. The summed E-state index contributed by atoms with van der Waals surface area (Å²) >= 11 is 0. The highest BCUT2D eigenvalue weighted by atomic mass is 32.2. The Bertz CT molecular complexity index is 609. The Hall–Kier alpha value is -1.53. The first-order valence-electron chi connectivity index (χ1n) is 6.81. The van der Waals surface area contributed by atoms with Crippen molar-refractivity contribution in [2.24, 2.45) is 5.14 Å². The van der Waals surface area contributed by atoms with Crippen LogP contribution in [0.3, 0.4) is 0 Å². The van der Waals surface area contributed by atoms with E-state index in [1.165, 1.54) is 30.9 Å². The fraction of sp³-hybridized carbons (Fsp3) is 0.429. The Morgan fingerprint density at radius 1 is 1.25 bits per heavy atom. The average Bonchev–Trinajstić information content (AvgIpc) is 2.40. The number of nitrogen functional groups attached to an aromatic ring is 1. The lowest BCUT2D eigenvalue weighted by Crippen LogP contribution is -2.15. The lowest BCUT2D eigenvalue weighted by Gasteiger charge is -2.15. The van der Waals surface area contributed by atoms with Gasteiger partial charge in [-0.3, -0.25) is 0 Å². The Morgan fingerprint density at radius 2 is 2.05 bits per heavy atom. The summed E-state index contributed by atoms with van der Waals surface area (Å²) in [4.78, 5) is -0.0284. The van der Waals surface area contributed by atoms with Crippen molar-refractivity contribution in [1.82, 2.24) is 0 Å². The van der Waals surface area contributed by atoms with Gasteiger partial charge in [-0.15, -0.1) is 0 Å². The van der Waals surface area contributed by atoms with Crippen LogP contribution in [-0.4, -0.2) is 15.0 Å². The van der Waals surface area contributed by atoms with Gasteiger partial charge in [0.2, 0.25) is 10.0 Å². The van der Waals surface area contributed by atoms with Crippen LogP contribution in [0.4, 0.5) is 11.4 Å². The minimum atomic E-state index is -3.78. The van der Waals surface area contributed by atoms with Crippen molar-refractivity contribution in [1.29, 1.82) is 0 Å². The first-order valence-corrected chi connectivity index (χ1v) is 8.36. The minimum absolute atomic E-state index is 0.0284. The van der Waals surface area contributed by atoms with Crippen molar-refractivity contribution in [3.05, 3.63) is 29.8 Å². The molecule has 0 fully saturated rings. The number of nitrogens with one attached hydrogen (secondary N) is 1. The van der Waals surface area contributed by atoms with Crippen molar-refractivity contribution in [2.45, 2.75) is 37.0 Å². The maximum atomic E-state index is 11.4. The van der Waals surface area contributed by atoms with Crippen LogP contribution in [0.15, 0.2) is 34.7 Å². The molecule has 0 aliphatic heterocycles. The van der Waals surface area contributed by atoms with Crippen LogP contribution in [0.5, 0.6) is 0 Å². The molecule has 0 saturated carbocycles. The average molecular weight is 295 g/mol. The van der Waals surface area contributed by atoms with E-state index in [0.29, 0.717) is 5.69 Å². The number of hydrogen-bond donors (Lipinski definition) is 3. The predicted molar refractivity (Wildman–Crippen MR) is 81.9 cm³/mol. The fourth-order valence-electron chi connectivity index (χ4n) is 2.44. The normalized spacial score (nSPS) is 15.8. The minimum Gasteiger partial charge on any atom is -0.396 e. The van der Waals surface area contributed by atoms with Crippen molar-refractivity contribution < 1.29 is 8.42 Å². The van der Waals surface area contributed by atoms with E-state index in [9.17, 15) is 8.42 Å². The monoisotopic (exact) mass is 295 g/mol. The van der Waals surface area contributed by atoms with E-state index in [2.05, 4.69) is 11.4 Å². The molecule has 1 aromatic carbocycles. The second-order valence-corrected chi connectivity index (χ2v) is 6.58. The van der Waals surface area contributed by atoms with Crippen LogP contribution in [-0.2, 0) is 10.0 Å². The molecule has 0 bridgehead atoms. The van der Waals surface area contributed by atoms with Crippen LogP contribution in [0, 0.1) is 0 Å². The van der Waals surface area contributed by atoms with Crippen molar-refractivity contribution in [2.75, 3.05) is 17.6 Å². The highest BCUT2D eigenvalue weighted by Gasteiger charge is 2.14. The predicted octanol–water partition coefficient (Wildman–Crippen LogP) is 2.22. The second-order valence-electron chi connectivity index (χ2n) is 5.05. The summed E-state index contributed by atoms with van der Waals surface area (Å²) in [5, 5.41) is 8.31. The number of hydrogen-bond acceptors (Lipinski definition) is 4. The Morgan fingerprint density at radius 3 is 2.70 bits per heavy atom. The maximum absolute atomic E-state index is 11.4. The molecular formula is C14H21N3O2S. The molecule has 0 amide bonds. The van der Waals surface area contributed by atoms with Crippen LogP contribution >= 0.6 is 0 Å². The number of primary sulfonamides is 1. The molecule has 0 unspecified atom stereocenters. The van der Waals surface area contributed by atoms with Gasteiger partial charge in [-0.1, -0.05) is 17.7 Å². The molecule has 0 atom stereocenters. The van der Waals surface area contributed by atoms with E-state index in [1.54, 1.807) is 12.1 Å². The number of rotatable bonds is 5. The molecular weight excluding hydrogens is 274 g/mol. The fourth-order valence-corrected chi connectivity index (χ4v) is 3.12. The van der Waals surface area contributed by atoms with Gasteiger partial charge < -0.3 is 11.1 Å². The molecule has 2 rings (SSSR count). The molecule has 0 saturated heterocycles. The van der Waals surface area contributed by atoms with Gasteiger partial charge >= 0.3 is 0 Å². The summed E-state index contributed by atoms with van der Waals surface area (Å²) in [6, 6.07) is 4.82. The van der Waals surface area contributed by atoms with Crippen LogP contribution in [0.25, 0.3) is 0 Å². The second kappa shape index (κ2) is 6.28. The third kappa shape index (κ3) is 3.74. The first-order chi connectivity index (χ1) is 9.48. The Labute approximate surface area is 120 Å². The van der Waals surface area contributed by atoms with E-state index in [-0.39, 0.29) is 10.6 Å². The summed E-state index contributed by atoms with van der Waals surface area (Å²) in [5.74, 6) is 0. The van der Waals surface area contributed by atoms with Gasteiger partial charge in [0.15, 0.2) is 0 Å². The van der Waals surface area contributed by atoms with Crippen LogP contribution in [0.1, 0.15) is 32.1 Å². The first kappa shape index (κ1) is 14.9. The number of sulfonamides is 1. The molecule has 20 heavy (non-hydrogen) atoms.